The summed E-state index contributed by atoms with van der Waals surface area (Å²) in [6, 6.07) is 7.21. The minimum Gasteiger partial charge on any atom is -0.485 e. The van der Waals surface area contributed by atoms with Crippen molar-refractivity contribution in [3.8, 4) is 5.75 Å². The first-order chi connectivity index (χ1) is 19.2. The molecule has 1 aromatic carbocycles. The monoisotopic (exact) mass is 594 g/mol. The normalized spacial score (nSPS) is 16.0. The molecule has 3 rings (SSSR count). The Hall–Kier alpha value is -2.67. The van der Waals surface area contributed by atoms with E-state index in [1.165, 1.54) is 16.7 Å². The minimum atomic E-state index is -3.82. The van der Waals surface area contributed by atoms with Crippen LogP contribution >= 0.6 is 0 Å². The second-order valence-electron chi connectivity index (χ2n) is 11.7. The van der Waals surface area contributed by atoms with Crippen LogP contribution in [0.2, 0.25) is 0 Å². The first-order valence-corrected chi connectivity index (χ1v) is 15.8. The van der Waals surface area contributed by atoms with E-state index in [-0.39, 0.29) is 34.8 Å². The summed E-state index contributed by atoms with van der Waals surface area (Å²) in [5.74, 6) is 1.06. The van der Waals surface area contributed by atoms with E-state index in [1.54, 1.807) is 36.6 Å². The van der Waals surface area contributed by atoms with Crippen LogP contribution in [0.5, 0.6) is 5.75 Å². The average molecular weight is 595 g/mol. The van der Waals surface area contributed by atoms with Crippen LogP contribution in [0.15, 0.2) is 44.8 Å². The lowest BCUT2D eigenvalue weighted by atomic mass is 10.0. The van der Waals surface area contributed by atoms with Gasteiger partial charge in [0, 0.05) is 50.9 Å². The largest absolute Gasteiger partial charge is 0.485 e. The molecule has 1 saturated heterocycles. The van der Waals surface area contributed by atoms with E-state index >= 15 is 0 Å². The van der Waals surface area contributed by atoms with Crippen molar-refractivity contribution in [3.63, 3.8) is 0 Å². The van der Waals surface area contributed by atoms with Crippen LogP contribution in [-0.2, 0) is 14.3 Å². The van der Waals surface area contributed by atoms with Crippen molar-refractivity contribution in [1.29, 1.82) is 0 Å². The van der Waals surface area contributed by atoms with Gasteiger partial charge in [-0.2, -0.15) is 8.42 Å². The van der Waals surface area contributed by atoms with Crippen molar-refractivity contribution in [2.45, 2.75) is 90.0 Å². The highest BCUT2D eigenvalue weighted by atomic mass is 32.2. The van der Waals surface area contributed by atoms with Gasteiger partial charge in [-0.05, 0) is 72.2 Å². The Morgan fingerprint density at radius 2 is 1.54 bits per heavy atom. The molecule has 0 radical (unpaired) electrons. The van der Waals surface area contributed by atoms with Crippen LogP contribution in [0.1, 0.15) is 73.4 Å². The maximum Gasteiger partial charge on any atom is 0.333 e. The smallest absolute Gasteiger partial charge is 0.333 e. The molecule has 0 amide bonds. The van der Waals surface area contributed by atoms with Gasteiger partial charge in [0.05, 0.1) is 11.5 Å². The van der Waals surface area contributed by atoms with E-state index in [0.717, 1.165) is 6.42 Å². The van der Waals surface area contributed by atoms with E-state index in [2.05, 4.69) is 9.80 Å². The Labute approximate surface area is 243 Å². The topological polar surface area (TPSA) is 123 Å². The van der Waals surface area contributed by atoms with Crippen molar-refractivity contribution in [1.82, 2.24) is 14.0 Å². The Kier molecular flexibility index (Phi) is 10.8. The quantitative estimate of drug-likeness (QED) is 0.275. The van der Waals surface area contributed by atoms with Crippen molar-refractivity contribution in [2.24, 2.45) is 0 Å². The molecule has 2 aromatic rings. The number of piperazine rings is 1. The third-order valence-corrected chi connectivity index (χ3v) is 8.67. The number of rotatable bonds is 13. The Morgan fingerprint density at radius 1 is 0.951 bits per heavy atom. The maximum absolute atomic E-state index is 13.1. The second kappa shape index (κ2) is 13.5. The van der Waals surface area contributed by atoms with E-state index in [1.807, 2.05) is 34.6 Å². The van der Waals surface area contributed by atoms with Gasteiger partial charge in [0.1, 0.15) is 23.3 Å². The third kappa shape index (κ3) is 8.00. The van der Waals surface area contributed by atoms with Crippen LogP contribution < -0.4 is 20.9 Å². The maximum atomic E-state index is 13.1. The van der Waals surface area contributed by atoms with Crippen LogP contribution in [-0.4, -0.2) is 78.6 Å². The number of unbranched alkanes of at least 4 members (excludes halogenated alkanes) is 1. The number of anilines is 1. The molecule has 12 heteroatoms. The highest BCUT2D eigenvalue weighted by Gasteiger charge is 2.33. The van der Waals surface area contributed by atoms with Crippen molar-refractivity contribution >= 4 is 15.9 Å². The molecule has 0 bridgehead atoms. The van der Waals surface area contributed by atoms with Gasteiger partial charge in [0.25, 0.3) is 15.7 Å². The number of hydrogen-bond donors (Lipinski definition) is 1. The predicted octanol–water partition coefficient (Wildman–Crippen LogP) is 3.02. The zero-order chi connectivity index (χ0) is 30.5. The van der Waals surface area contributed by atoms with E-state index < -0.39 is 21.8 Å². The van der Waals surface area contributed by atoms with Crippen molar-refractivity contribution in [3.05, 3.63) is 51.2 Å². The highest BCUT2D eigenvalue weighted by molar-refractivity contribution is 7.86. The van der Waals surface area contributed by atoms with Gasteiger partial charge in [0.15, 0.2) is 0 Å². The summed E-state index contributed by atoms with van der Waals surface area (Å²) in [6.07, 6.45) is 0.661. The van der Waals surface area contributed by atoms with Gasteiger partial charge in [-0.1, -0.05) is 13.3 Å². The Bertz CT molecular complexity index is 1370. The fourth-order valence-electron chi connectivity index (χ4n) is 4.81. The lowest BCUT2D eigenvalue weighted by molar-refractivity contribution is -0.0450. The lowest BCUT2D eigenvalue weighted by Gasteiger charge is -2.40. The predicted molar refractivity (Wildman–Crippen MR) is 160 cm³/mol. The number of ether oxygens (including phenoxy) is 1. The number of β-amino-alcohol motifs (C(OH)–C–C–N with tert-alkyl or cyclic N) is 1. The number of nitrogens with zero attached hydrogens (tertiary/aromatic N) is 4. The first-order valence-electron chi connectivity index (χ1n) is 14.4. The molecule has 2 heterocycles. The number of benzene rings is 1. The molecule has 0 aliphatic carbocycles. The average Bonchev–Trinajstić information content (AvgIpc) is 2.88. The van der Waals surface area contributed by atoms with Gasteiger partial charge in [0.2, 0.25) is 0 Å². The lowest BCUT2D eigenvalue weighted by Crippen LogP contribution is -2.54. The van der Waals surface area contributed by atoms with Crippen LogP contribution in [0.4, 0.5) is 5.82 Å². The standard InChI is InChI=1S/C29H46N4O7S/c1-8-9-18-39-41(37,38)24-12-10-23(11-13-24)40-29(6,7)25(34)20-30-14-16-31(17-15-30)26-19-27(35)33(22(4)5)28(36)32(26)21(2)3/h10-13,19,21-22,25,34H,8-9,14-18,20H2,1-7H3. The minimum absolute atomic E-state index is 0.0570. The summed E-state index contributed by atoms with van der Waals surface area (Å²) in [5.41, 5.74) is -1.55. The van der Waals surface area contributed by atoms with Crippen LogP contribution in [0, 0.1) is 0 Å². The highest BCUT2D eigenvalue weighted by Crippen LogP contribution is 2.25. The van der Waals surface area contributed by atoms with Crippen LogP contribution in [0.25, 0.3) is 0 Å². The summed E-state index contributed by atoms with van der Waals surface area (Å²) in [4.78, 5) is 30.1. The molecule has 230 valence electrons. The molecule has 1 aliphatic heterocycles. The van der Waals surface area contributed by atoms with Crippen molar-refractivity contribution < 1.29 is 22.4 Å². The number of aliphatic hydroxyl groups is 1. The Morgan fingerprint density at radius 3 is 2.07 bits per heavy atom. The molecule has 1 fully saturated rings. The van der Waals surface area contributed by atoms with E-state index in [0.29, 0.717) is 50.7 Å². The molecule has 1 unspecified atom stereocenters. The molecule has 1 atom stereocenters. The number of hydrogen-bond acceptors (Lipinski definition) is 9. The molecule has 0 spiro atoms. The Balaban J connectivity index is 1.62. The number of aliphatic hydroxyl groups excluding tert-OH is 1. The van der Waals surface area contributed by atoms with Gasteiger partial charge in [-0.15, -0.1) is 0 Å². The molecule has 11 nitrogen and oxygen atoms in total. The molecule has 41 heavy (non-hydrogen) atoms. The fourth-order valence-corrected chi connectivity index (χ4v) is 5.76. The molecule has 1 N–H and O–H groups in total. The molecule has 0 saturated carbocycles. The van der Waals surface area contributed by atoms with Gasteiger partial charge >= 0.3 is 5.69 Å². The van der Waals surface area contributed by atoms with Crippen LogP contribution in [0.3, 0.4) is 0 Å². The summed E-state index contributed by atoms with van der Waals surface area (Å²) in [7, 11) is -3.82. The molecule has 1 aromatic heterocycles. The zero-order valence-electron chi connectivity index (χ0n) is 25.4. The first kappa shape index (κ1) is 32.8. The summed E-state index contributed by atoms with van der Waals surface area (Å²) < 4.78 is 38.7. The second-order valence-corrected chi connectivity index (χ2v) is 13.3. The van der Waals surface area contributed by atoms with E-state index in [9.17, 15) is 23.1 Å². The summed E-state index contributed by atoms with van der Waals surface area (Å²) in [5, 5.41) is 11.1. The van der Waals surface area contributed by atoms with Crippen molar-refractivity contribution in [2.75, 3.05) is 44.2 Å². The van der Waals surface area contributed by atoms with E-state index in [4.69, 9.17) is 8.92 Å². The zero-order valence-corrected chi connectivity index (χ0v) is 26.2. The third-order valence-electron chi connectivity index (χ3n) is 7.34. The van der Waals surface area contributed by atoms with Gasteiger partial charge in [-0.25, -0.2) is 4.79 Å². The molecular formula is C29H46N4O7S. The number of aromatic nitrogens is 2. The fraction of sp³-hybridized carbons (Fsp3) is 0.655. The molecule has 1 aliphatic rings. The van der Waals surface area contributed by atoms with Gasteiger partial charge in [-0.3, -0.25) is 23.0 Å². The van der Waals surface area contributed by atoms with Gasteiger partial charge < -0.3 is 14.7 Å². The summed E-state index contributed by atoms with van der Waals surface area (Å²) >= 11 is 0. The summed E-state index contributed by atoms with van der Waals surface area (Å²) in [6.45, 7) is 16.0. The molecular weight excluding hydrogens is 548 g/mol. The SMILES string of the molecule is CCCCOS(=O)(=O)c1ccc(OC(C)(C)C(O)CN2CCN(c3cc(=O)n(C(C)C)c(=O)n3C(C)C)CC2)cc1.